The molecule has 0 aromatic heterocycles. The van der Waals surface area contributed by atoms with Crippen LogP contribution in [0.2, 0.25) is 0 Å². The van der Waals surface area contributed by atoms with Crippen LogP contribution in [0.3, 0.4) is 0 Å². The Morgan fingerprint density at radius 2 is 2.39 bits per heavy atom. The summed E-state index contributed by atoms with van der Waals surface area (Å²) in [6.45, 7) is 2.14. The number of nitrogens with zero attached hydrogens (tertiary/aromatic N) is 1. The Kier molecular flexibility index (Phi) is 4.68. The summed E-state index contributed by atoms with van der Waals surface area (Å²) in [6.07, 6.45) is 2.26. The molecule has 1 aliphatic rings. The van der Waals surface area contributed by atoms with Crippen molar-refractivity contribution in [2.45, 2.75) is 25.6 Å². The molecule has 98 valence electrons. The summed E-state index contributed by atoms with van der Waals surface area (Å²) in [4.78, 5) is 10.6. The van der Waals surface area contributed by atoms with Gasteiger partial charge in [0.1, 0.15) is 0 Å². The molecule has 1 aromatic rings. The summed E-state index contributed by atoms with van der Waals surface area (Å²) >= 11 is 3.24. The summed E-state index contributed by atoms with van der Waals surface area (Å²) in [5.74, 6) is 0. The predicted molar refractivity (Wildman–Crippen MR) is 71.5 cm³/mol. The minimum atomic E-state index is -0.372. The van der Waals surface area contributed by atoms with Gasteiger partial charge in [0, 0.05) is 17.1 Å². The lowest BCUT2D eigenvalue weighted by Crippen LogP contribution is -2.35. The van der Waals surface area contributed by atoms with E-state index >= 15 is 0 Å². The Bertz CT molecular complexity index is 433. The summed E-state index contributed by atoms with van der Waals surface area (Å²) in [5.41, 5.74) is 0.724. The summed E-state index contributed by atoms with van der Waals surface area (Å²) in [7, 11) is 0. The summed E-state index contributed by atoms with van der Waals surface area (Å²) in [5, 5.41) is 14.2. The number of nitrogens with one attached hydrogen (secondary N) is 1. The van der Waals surface area contributed by atoms with Gasteiger partial charge in [0.25, 0.3) is 5.69 Å². The van der Waals surface area contributed by atoms with E-state index in [1.165, 1.54) is 6.07 Å². The van der Waals surface area contributed by atoms with Gasteiger partial charge < -0.3 is 10.1 Å². The molecule has 0 amide bonds. The molecule has 2 rings (SSSR count). The maximum absolute atomic E-state index is 10.9. The lowest BCUT2D eigenvalue weighted by Gasteiger charge is -2.23. The first-order valence-electron chi connectivity index (χ1n) is 5.92. The van der Waals surface area contributed by atoms with Crippen molar-refractivity contribution >= 4 is 21.6 Å². The fraction of sp³-hybridized carbons (Fsp3) is 0.500. The molecular weight excluding hydrogens is 300 g/mol. The number of rotatable bonds is 4. The number of ether oxygens (including phenoxy) is 1. The SMILES string of the molecule is O=[N+]([O-])c1cc(Br)ccc1CO[C@H]1CCCNC1. The molecule has 0 saturated carbocycles. The summed E-state index contributed by atoms with van der Waals surface area (Å²) in [6, 6.07) is 5.04. The molecule has 1 saturated heterocycles. The van der Waals surface area contributed by atoms with Crippen LogP contribution >= 0.6 is 15.9 Å². The normalized spacial score (nSPS) is 19.7. The molecule has 0 bridgehead atoms. The van der Waals surface area contributed by atoms with Gasteiger partial charge in [-0.25, -0.2) is 0 Å². The van der Waals surface area contributed by atoms with E-state index in [9.17, 15) is 10.1 Å². The molecule has 1 heterocycles. The Morgan fingerprint density at radius 1 is 1.56 bits per heavy atom. The lowest BCUT2D eigenvalue weighted by atomic mass is 10.1. The highest BCUT2D eigenvalue weighted by atomic mass is 79.9. The molecule has 0 aliphatic carbocycles. The number of piperidine rings is 1. The smallest absolute Gasteiger partial charge is 0.276 e. The quantitative estimate of drug-likeness (QED) is 0.685. The van der Waals surface area contributed by atoms with Crippen molar-refractivity contribution in [2.24, 2.45) is 0 Å². The Balaban J connectivity index is 2.01. The van der Waals surface area contributed by atoms with Crippen LogP contribution in [-0.2, 0) is 11.3 Å². The molecule has 0 spiro atoms. The molecule has 5 nitrogen and oxygen atoms in total. The second kappa shape index (κ2) is 6.26. The van der Waals surface area contributed by atoms with Gasteiger partial charge in [-0.2, -0.15) is 0 Å². The molecule has 1 atom stereocenters. The van der Waals surface area contributed by atoms with Gasteiger partial charge in [0.05, 0.1) is 23.2 Å². The third kappa shape index (κ3) is 3.51. The van der Waals surface area contributed by atoms with Crippen LogP contribution < -0.4 is 5.32 Å². The predicted octanol–water partition coefficient (Wildman–Crippen LogP) is 2.63. The van der Waals surface area contributed by atoms with Gasteiger partial charge in [-0.15, -0.1) is 0 Å². The van der Waals surface area contributed by atoms with Crippen LogP contribution in [0.15, 0.2) is 22.7 Å². The van der Waals surface area contributed by atoms with Crippen LogP contribution in [0.1, 0.15) is 18.4 Å². The minimum Gasteiger partial charge on any atom is -0.372 e. The van der Waals surface area contributed by atoms with E-state index in [0.717, 1.165) is 25.9 Å². The van der Waals surface area contributed by atoms with E-state index < -0.39 is 0 Å². The maximum Gasteiger partial charge on any atom is 0.276 e. The zero-order valence-electron chi connectivity index (χ0n) is 9.89. The van der Waals surface area contributed by atoms with Crippen molar-refractivity contribution < 1.29 is 9.66 Å². The zero-order valence-corrected chi connectivity index (χ0v) is 11.5. The third-order valence-corrected chi connectivity index (χ3v) is 3.46. The first-order valence-corrected chi connectivity index (χ1v) is 6.71. The molecule has 1 N–H and O–H groups in total. The molecule has 6 heteroatoms. The number of nitro benzene ring substituents is 1. The Hall–Kier alpha value is -0.980. The molecule has 1 aliphatic heterocycles. The average Bonchev–Trinajstić information content (AvgIpc) is 2.38. The first-order chi connectivity index (χ1) is 8.66. The van der Waals surface area contributed by atoms with Crippen LogP contribution in [0.5, 0.6) is 0 Å². The minimum absolute atomic E-state index is 0.105. The highest BCUT2D eigenvalue weighted by Gasteiger charge is 2.17. The van der Waals surface area contributed by atoms with Crippen molar-refractivity contribution in [3.63, 3.8) is 0 Å². The van der Waals surface area contributed by atoms with Crippen molar-refractivity contribution in [2.75, 3.05) is 13.1 Å². The van der Waals surface area contributed by atoms with E-state index in [2.05, 4.69) is 21.2 Å². The third-order valence-electron chi connectivity index (χ3n) is 2.97. The molecule has 18 heavy (non-hydrogen) atoms. The van der Waals surface area contributed by atoms with Gasteiger partial charge >= 0.3 is 0 Å². The van der Waals surface area contributed by atoms with Crippen LogP contribution in [0.25, 0.3) is 0 Å². The Labute approximate surface area is 114 Å². The molecular formula is C12H15BrN2O3. The van der Waals surface area contributed by atoms with E-state index in [1.807, 2.05) is 0 Å². The van der Waals surface area contributed by atoms with Crippen molar-refractivity contribution in [1.29, 1.82) is 0 Å². The van der Waals surface area contributed by atoms with E-state index in [-0.39, 0.29) is 23.3 Å². The Morgan fingerprint density at radius 3 is 3.06 bits per heavy atom. The second-order valence-corrected chi connectivity index (χ2v) is 5.23. The topological polar surface area (TPSA) is 64.4 Å². The van der Waals surface area contributed by atoms with Crippen molar-refractivity contribution in [3.8, 4) is 0 Å². The molecule has 0 radical (unpaired) electrons. The van der Waals surface area contributed by atoms with Gasteiger partial charge in [-0.05, 0) is 31.5 Å². The molecule has 1 fully saturated rings. The van der Waals surface area contributed by atoms with Crippen molar-refractivity contribution in [1.82, 2.24) is 5.32 Å². The fourth-order valence-electron chi connectivity index (χ4n) is 2.00. The fourth-order valence-corrected chi connectivity index (χ4v) is 2.35. The van der Waals surface area contributed by atoms with Crippen LogP contribution in [0, 0.1) is 10.1 Å². The highest BCUT2D eigenvalue weighted by Crippen LogP contribution is 2.24. The number of benzene rings is 1. The molecule has 1 aromatic carbocycles. The van der Waals surface area contributed by atoms with Crippen LogP contribution in [0.4, 0.5) is 5.69 Å². The van der Waals surface area contributed by atoms with Crippen molar-refractivity contribution in [3.05, 3.63) is 38.3 Å². The van der Waals surface area contributed by atoms with E-state index in [0.29, 0.717) is 10.0 Å². The monoisotopic (exact) mass is 314 g/mol. The number of hydrogen-bond donors (Lipinski definition) is 1. The van der Waals surface area contributed by atoms with E-state index in [4.69, 9.17) is 4.74 Å². The summed E-state index contributed by atoms with van der Waals surface area (Å²) < 4.78 is 6.42. The number of nitro groups is 1. The number of halogens is 1. The average molecular weight is 315 g/mol. The molecule has 0 unspecified atom stereocenters. The second-order valence-electron chi connectivity index (χ2n) is 4.31. The lowest BCUT2D eigenvalue weighted by molar-refractivity contribution is -0.386. The highest BCUT2D eigenvalue weighted by molar-refractivity contribution is 9.10. The van der Waals surface area contributed by atoms with Gasteiger partial charge in [-0.1, -0.05) is 15.9 Å². The zero-order chi connectivity index (χ0) is 13.0. The first kappa shape index (κ1) is 13.5. The maximum atomic E-state index is 10.9. The number of hydrogen-bond acceptors (Lipinski definition) is 4. The van der Waals surface area contributed by atoms with Gasteiger partial charge in [0.2, 0.25) is 0 Å². The van der Waals surface area contributed by atoms with Gasteiger partial charge in [0.15, 0.2) is 0 Å². The van der Waals surface area contributed by atoms with E-state index in [1.54, 1.807) is 12.1 Å². The van der Waals surface area contributed by atoms with Gasteiger partial charge in [-0.3, -0.25) is 10.1 Å². The van der Waals surface area contributed by atoms with Crippen LogP contribution in [-0.4, -0.2) is 24.1 Å². The largest absolute Gasteiger partial charge is 0.372 e. The standard InChI is InChI=1S/C12H15BrN2O3/c13-10-4-3-9(12(6-10)15(16)17)8-18-11-2-1-5-14-7-11/h3-4,6,11,14H,1-2,5,7-8H2/t11-/m0/s1.